The first-order valence-electron chi connectivity index (χ1n) is 26.5. The van der Waals surface area contributed by atoms with E-state index in [1.165, 1.54) is 89.1 Å². The Morgan fingerprint density at radius 3 is 0.667 bits per heavy atom. The second kappa shape index (κ2) is 39.7. The standard InChI is InChI=1S/C58H50N10O22S6.6Na/c1-33-23-47(51(89-5)31-45(33)65-61-43-19-21-49(87-3)57(29-43)95(81,82)83)67-63-41-17-13-37(55(27-41)93(75,76)77)9-7-35-11-15-39(25-53(35)91(69,70)71)59-60-40-16-12-36(54(26-40)92(72,73)74)8-10-38-14-18-42(28-56(38)94(78,79)80)64-68-48-24-34(2)46(32-52(48)90-6)66-62-44-20-22-50(88-4)58(30-44)96(84,85)86;;;;;;/h7-32H,1-6H3,(H,69,70,71)(H,72,73,74)(H,75,76,77)(H,78,79,80)(H,81,82,83)(H,84,85,86);;;;;;/q;6*+1/p-6. The summed E-state index contributed by atoms with van der Waals surface area (Å²) in [7, 11) is -26.2. The molecule has 8 rings (SSSR count). The van der Waals surface area contributed by atoms with Crippen LogP contribution in [-0.4, -0.2) is 106 Å². The topological polar surface area (TPSA) is 504 Å². The maximum absolute atomic E-state index is 12.6. The molecule has 0 aliphatic carbocycles. The SMILES string of the molecule is COc1cc(N=Nc2ccc(OC)c(S(=O)(=O)[O-])c2)c(C)cc1N=Nc1ccc(C=Cc2ccc(N=Nc3ccc(C=Cc4ccc(N=Nc5cc(C)c(N=Nc6ccc(OC)c(S(=O)(=O)[O-])c6)cc5OC)cc4S(=O)(=O)[O-])c(S(=O)(=O)[O-])c3)cc2S(=O)(=O)[O-])c(S(=O)(=O)[O-])c1.[Na+].[Na+].[Na+].[Na+].[Na+].[Na+]. The summed E-state index contributed by atoms with van der Waals surface area (Å²) in [5.41, 5.74) is -0.669. The molecule has 500 valence electrons. The molecule has 8 aromatic rings. The monoisotopic (exact) mass is 1560 g/mol. The van der Waals surface area contributed by atoms with Crippen molar-refractivity contribution in [3.8, 4) is 23.0 Å². The Balaban J connectivity index is 0.00000589. The Morgan fingerprint density at radius 2 is 0.451 bits per heavy atom. The molecule has 0 saturated heterocycles. The van der Waals surface area contributed by atoms with Gasteiger partial charge in [0.05, 0.1) is 103 Å². The molecule has 0 aromatic heterocycles. The van der Waals surface area contributed by atoms with E-state index >= 15 is 0 Å². The van der Waals surface area contributed by atoms with Gasteiger partial charge in [0.1, 0.15) is 95.1 Å². The zero-order chi connectivity index (χ0) is 70.3. The summed E-state index contributed by atoms with van der Waals surface area (Å²) in [6, 6.07) is 25.4. The maximum atomic E-state index is 12.6. The average Bonchev–Trinajstić information content (AvgIpc) is 0.770. The first-order chi connectivity index (χ1) is 45.0. The number of hydrogen-bond donors (Lipinski definition) is 0. The zero-order valence-electron chi connectivity index (χ0n) is 55.9. The molecule has 32 nitrogen and oxygen atoms in total. The molecule has 0 spiro atoms. The summed E-state index contributed by atoms with van der Waals surface area (Å²) in [4.78, 5) is -4.82. The number of ether oxygens (including phenoxy) is 4. The van der Waals surface area contributed by atoms with E-state index in [0.29, 0.717) is 11.1 Å². The Morgan fingerprint density at radius 1 is 0.255 bits per heavy atom. The summed E-state index contributed by atoms with van der Waals surface area (Å²) in [6.45, 7) is 3.21. The van der Waals surface area contributed by atoms with Crippen molar-refractivity contribution in [1.82, 2.24) is 0 Å². The van der Waals surface area contributed by atoms with Crippen LogP contribution in [0.5, 0.6) is 23.0 Å². The van der Waals surface area contributed by atoms with E-state index in [-0.39, 0.29) is 279 Å². The molecule has 0 heterocycles. The van der Waals surface area contributed by atoms with Crippen molar-refractivity contribution in [2.45, 2.75) is 43.2 Å². The maximum Gasteiger partial charge on any atom is 1.00 e. The van der Waals surface area contributed by atoms with Crippen LogP contribution in [0.3, 0.4) is 0 Å². The number of nitrogens with zero attached hydrogens (tertiary/aromatic N) is 10. The summed E-state index contributed by atoms with van der Waals surface area (Å²) in [6.07, 6.45) is 4.06. The van der Waals surface area contributed by atoms with E-state index in [1.54, 1.807) is 13.8 Å². The van der Waals surface area contributed by atoms with Gasteiger partial charge < -0.3 is 46.3 Å². The van der Waals surface area contributed by atoms with Gasteiger partial charge in [-0.1, -0.05) is 48.6 Å². The van der Waals surface area contributed by atoms with E-state index in [1.807, 2.05) is 0 Å². The van der Waals surface area contributed by atoms with Gasteiger partial charge in [0.2, 0.25) is 0 Å². The third-order valence-corrected chi connectivity index (χ3v) is 18.4. The number of azo groups is 5. The van der Waals surface area contributed by atoms with E-state index in [2.05, 4.69) is 51.1 Å². The fraction of sp³-hybridized carbons (Fsp3) is 0.103. The van der Waals surface area contributed by atoms with E-state index in [0.717, 1.165) is 97.1 Å². The largest absolute Gasteiger partial charge is 1.00 e. The Kier molecular flexibility index (Phi) is 36.5. The molecule has 0 fully saturated rings. The van der Waals surface area contributed by atoms with Gasteiger partial charge in [-0.15, -0.1) is 10.2 Å². The Hall–Kier alpha value is -4.10. The third kappa shape index (κ3) is 25.3. The Bertz CT molecular complexity index is 5100. The molecule has 0 unspecified atom stereocenters. The second-order valence-corrected chi connectivity index (χ2v) is 27.7. The van der Waals surface area contributed by atoms with Crippen LogP contribution < -0.4 is 196 Å². The van der Waals surface area contributed by atoms with Crippen molar-refractivity contribution in [3.05, 3.63) is 167 Å². The van der Waals surface area contributed by atoms with Gasteiger partial charge in [-0.2, -0.15) is 40.9 Å². The van der Waals surface area contributed by atoms with Gasteiger partial charge in [0.15, 0.2) is 0 Å². The molecule has 0 radical (unpaired) electrons. The fourth-order valence-corrected chi connectivity index (χ4v) is 12.6. The number of hydrogen-bond acceptors (Lipinski definition) is 32. The van der Waals surface area contributed by atoms with Gasteiger partial charge in [-0.05, 0) is 144 Å². The predicted molar refractivity (Wildman–Crippen MR) is 334 cm³/mol. The first-order valence-corrected chi connectivity index (χ1v) is 34.9. The Labute approximate surface area is 718 Å². The number of rotatable bonds is 24. The third-order valence-electron chi connectivity index (χ3n) is 13.2. The van der Waals surface area contributed by atoms with Crippen molar-refractivity contribution < 1.29 is 274 Å². The normalized spacial score (nSPS) is 12.2. The summed E-state index contributed by atoms with van der Waals surface area (Å²) < 4.78 is 242. The first kappa shape index (κ1) is 94.0. The summed E-state index contributed by atoms with van der Waals surface area (Å²) >= 11 is 0. The molecule has 0 saturated carbocycles. The van der Waals surface area contributed by atoms with Crippen LogP contribution in [0.4, 0.5) is 56.9 Å². The van der Waals surface area contributed by atoms with Gasteiger partial charge in [0.25, 0.3) is 0 Å². The van der Waals surface area contributed by atoms with Crippen LogP contribution in [0.15, 0.2) is 214 Å². The molecule has 0 aliphatic heterocycles. The van der Waals surface area contributed by atoms with E-state index in [9.17, 15) is 77.8 Å². The smallest absolute Gasteiger partial charge is 0.744 e. The van der Waals surface area contributed by atoms with Crippen LogP contribution >= 0.6 is 0 Å². The van der Waals surface area contributed by atoms with Crippen LogP contribution in [0.2, 0.25) is 0 Å². The van der Waals surface area contributed by atoms with Crippen molar-refractivity contribution in [2.75, 3.05) is 28.4 Å². The number of methoxy groups -OCH3 is 4. The molecular weight excluding hydrogens is 1520 g/mol. The van der Waals surface area contributed by atoms with Gasteiger partial charge in [0, 0.05) is 12.1 Å². The van der Waals surface area contributed by atoms with Crippen molar-refractivity contribution in [1.29, 1.82) is 0 Å². The molecule has 0 bridgehead atoms. The van der Waals surface area contributed by atoms with Crippen LogP contribution in [-0.2, 0) is 60.7 Å². The summed E-state index contributed by atoms with van der Waals surface area (Å²) in [5, 5.41) is 40.3. The van der Waals surface area contributed by atoms with Crippen molar-refractivity contribution in [3.63, 3.8) is 0 Å². The number of aryl methyl sites for hydroxylation is 2. The molecule has 0 amide bonds. The number of benzene rings is 8. The molecule has 102 heavy (non-hydrogen) atoms. The second-order valence-electron chi connectivity index (χ2n) is 19.6. The minimum Gasteiger partial charge on any atom is -0.744 e. The molecule has 0 atom stereocenters. The van der Waals surface area contributed by atoms with Crippen LogP contribution in [0.25, 0.3) is 24.3 Å². The summed E-state index contributed by atoms with van der Waals surface area (Å²) in [5.74, 6) is -0.226. The van der Waals surface area contributed by atoms with E-state index < -0.39 is 90.1 Å². The van der Waals surface area contributed by atoms with E-state index in [4.69, 9.17) is 18.9 Å². The van der Waals surface area contributed by atoms with Gasteiger partial charge >= 0.3 is 177 Å². The fourth-order valence-electron chi connectivity index (χ4n) is 8.55. The average molecular weight is 1560 g/mol. The minimum atomic E-state index is -5.36. The van der Waals surface area contributed by atoms with Crippen LogP contribution in [0.1, 0.15) is 33.4 Å². The molecule has 44 heteroatoms. The van der Waals surface area contributed by atoms with Crippen molar-refractivity contribution in [2.24, 2.45) is 51.1 Å². The van der Waals surface area contributed by atoms with Gasteiger partial charge in [-0.25, -0.2) is 50.5 Å². The minimum absolute atomic E-state index is 0. The van der Waals surface area contributed by atoms with Gasteiger partial charge in [-0.3, -0.25) is 0 Å². The van der Waals surface area contributed by atoms with Crippen LogP contribution in [0, 0.1) is 13.8 Å². The zero-order valence-corrected chi connectivity index (χ0v) is 72.8. The molecule has 0 aliphatic rings. The molecule has 8 aromatic carbocycles. The molecule has 0 N–H and O–H groups in total. The van der Waals surface area contributed by atoms with Crippen molar-refractivity contribution >= 4 is 142 Å². The predicted octanol–water partition coefficient (Wildman–Crippen LogP) is -5.80. The molecular formula is C58H44N10Na6O22S6. The quantitative estimate of drug-likeness (QED) is 0.0235.